The standard InChI is InChI=1S/C23H23F3N4O3S/c1-3-32-19-9-8-15(10-20(19)33-4-2)13-27-30-21(31)12-18-14-34-22(29-18)28-17-7-5-6-16(11-17)23(24,25)26/h5-11,13-14H,3-4,12H2,1-2H3,(H,28,29)(H,30,31). The molecule has 0 atom stereocenters. The first kappa shape index (κ1) is 25.0. The van der Waals surface area contributed by atoms with Gasteiger partial charge in [0.15, 0.2) is 16.6 Å². The van der Waals surface area contributed by atoms with Crippen LogP contribution in [0.15, 0.2) is 52.9 Å². The molecule has 0 fully saturated rings. The first-order valence-electron chi connectivity index (χ1n) is 10.4. The third-order valence-corrected chi connectivity index (χ3v) is 5.11. The van der Waals surface area contributed by atoms with Crippen LogP contribution in [0.2, 0.25) is 0 Å². The maximum atomic E-state index is 12.9. The van der Waals surface area contributed by atoms with E-state index in [0.717, 1.165) is 12.1 Å². The van der Waals surface area contributed by atoms with Gasteiger partial charge in [-0.2, -0.15) is 18.3 Å². The number of ether oxygens (including phenoxy) is 2. The van der Waals surface area contributed by atoms with Crippen LogP contribution in [0.25, 0.3) is 0 Å². The fourth-order valence-electron chi connectivity index (χ4n) is 2.87. The Morgan fingerprint density at radius 2 is 1.88 bits per heavy atom. The van der Waals surface area contributed by atoms with Crippen LogP contribution in [0.3, 0.4) is 0 Å². The van der Waals surface area contributed by atoms with Crippen LogP contribution in [-0.2, 0) is 17.4 Å². The molecule has 0 radical (unpaired) electrons. The minimum atomic E-state index is -4.43. The molecule has 0 unspecified atom stereocenters. The summed E-state index contributed by atoms with van der Waals surface area (Å²) in [7, 11) is 0. The Balaban J connectivity index is 1.55. The molecule has 0 saturated carbocycles. The summed E-state index contributed by atoms with van der Waals surface area (Å²) in [5.41, 5.74) is 3.11. The molecule has 7 nitrogen and oxygen atoms in total. The van der Waals surface area contributed by atoms with Crippen molar-refractivity contribution in [2.45, 2.75) is 26.4 Å². The van der Waals surface area contributed by atoms with E-state index in [-0.39, 0.29) is 18.0 Å². The van der Waals surface area contributed by atoms with E-state index >= 15 is 0 Å². The van der Waals surface area contributed by atoms with E-state index in [1.807, 2.05) is 13.8 Å². The molecule has 0 spiro atoms. The molecule has 0 aliphatic rings. The number of anilines is 2. The number of thiazole rings is 1. The van der Waals surface area contributed by atoms with Crippen molar-refractivity contribution in [1.82, 2.24) is 10.4 Å². The molecular weight excluding hydrogens is 469 g/mol. The highest BCUT2D eigenvalue weighted by atomic mass is 32.1. The smallest absolute Gasteiger partial charge is 0.416 e. The highest BCUT2D eigenvalue weighted by Crippen LogP contribution is 2.32. The molecule has 2 aromatic carbocycles. The lowest BCUT2D eigenvalue weighted by Crippen LogP contribution is -2.19. The minimum absolute atomic E-state index is 0.0361. The van der Waals surface area contributed by atoms with Gasteiger partial charge in [0.25, 0.3) is 0 Å². The summed E-state index contributed by atoms with van der Waals surface area (Å²) in [6.07, 6.45) is -2.98. The van der Waals surface area contributed by atoms with Crippen LogP contribution < -0.4 is 20.2 Å². The monoisotopic (exact) mass is 492 g/mol. The molecule has 11 heteroatoms. The summed E-state index contributed by atoms with van der Waals surface area (Å²) in [6.45, 7) is 4.75. The number of carbonyl (C=O) groups is 1. The number of nitrogens with one attached hydrogen (secondary N) is 2. The number of hydrogen-bond donors (Lipinski definition) is 2. The van der Waals surface area contributed by atoms with Gasteiger partial charge in [-0.15, -0.1) is 11.3 Å². The molecule has 34 heavy (non-hydrogen) atoms. The van der Waals surface area contributed by atoms with Crippen molar-refractivity contribution in [3.63, 3.8) is 0 Å². The number of aromatic nitrogens is 1. The predicted octanol–water partition coefficient (Wildman–Crippen LogP) is 5.40. The van der Waals surface area contributed by atoms with Crippen molar-refractivity contribution in [2.75, 3.05) is 18.5 Å². The van der Waals surface area contributed by atoms with E-state index in [1.54, 1.807) is 23.6 Å². The molecule has 1 aromatic heterocycles. The number of benzene rings is 2. The summed E-state index contributed by atoms with van der Waals surface area (Å²) in [5.74, 6) is 0.828. The molecular formula is C23H23F3N4O3S. The molecule has 180 valence electrons. The Morgan fingerprint density at radius 3 is 2.62 bits per heavy atom. The quantitative estimate of drug-likeness (QED) is 0.293. The van der Waals surface area contributed by atoms with Crippen molar-refractivity contribution in [2.24, 2.45) is 5.10 Å². The van der Waals surface area contributed by atoms with Crippen LogP contribution in [-0.4, -0.2) is 30.3 Å². The fourth-order valence-corrected chi connectivity index (χ4v) is 3.60. The first-order valence-corrected chi connectivity index (χ1v) is 11.3. The third-order valence-electron chi connectivity index (χ3n) is 4.30. The molecule has 3 rings (SSSR count). The second kappa shape index (κ2) is 11.5. The first-order chi connectivity index (χ1) is 16.3. The van der Waals surface area contributed by atoms with Crippen molar-refractivity contribution < 1.29 is 27.4 Å². The largest absolute Gasteiger partial charge is 0.490 e. The summed E-state index contributed by atoms with van der Waals surface area (Å²) in [6, 6.07) is 10.1. The molecule has 0 saturated heterocycles. The number of carbonyl (C=O) groups excluding carboxylic acids is 1. The molecule has 0 aliphatic heterocycles. The topological polar surface area (TPSA) is 84.8 Å². The normalized spacial score (nSPS) is 11.4. The van der Waals surface area contributed by atoms with E-state index < -0.39 is 11.7 Å². The maximum absolute atomic E-state index is 12.9. The number of halogens is 3. The second-order valence-electron chi connectivity index (χ2n) is 6.89. The van der Waals surface area contributed by atoms with Crippen LogP contribution in [0, 0.1) is 0 Å². The fraction of sp³-hybridized carbons (Fsp3) is 0.261. The lowest BCUT2D eigenvalue weighted by Gasteiger charge is -2.11. The Labute approximate surface area is 198 Å². The minimum Gasteiger partial charge on any atom is -0.490 e. The van der Waals surface area contributed by atoms with Crippen molar-refractivity contribution in [1.29, 1.82) is 0 Å². The number of hydrogen-bond acceptors (Lipinski definition) is 7. The van der Waals surface area contributed by atoms with E-state index in [9.17, 15) is 18.0 Å². The number of alkyl halides is 3. The lowest BCUT2D eigenvalue weighted by molar-refractivity contribution is -0.137. The van der Waals surface area contributed by atoms with Gasteiger partial charge >= 0.3 is 6.18 Å². The van der Waals surface area contributed by atoms with E-state index in [4.69, 9.17) is 9.47 Å². The van der Waals surface area contributed by atoms with Gasteiger partial charge in [-0.3, -0.25) is 4.79 Å². The zero-order valence-electron chi connectivity index (χ0n) is 18.5. The van der Waals surface area contributed by atoms with Crippen molar-refractivity contribution in [3.05, 3.63) is 64.7 Å². The van der Waals surface area contributed by atoms with Gasteiger partial charge in [-0.25, -0.2) is 10.4 Å². The zero-order chi connectivity index (χ0) is 24.6. The van der Waals surface area contributed by atoms with Crippen molar-refractivity contribution in [3.8, 4) is 11.5 Å². The Bertz CT molecular complexity index is 1150. The average Bonchev–Trinajstić information content (AvgIpc) is 3.22. The van der Waals surface area contributed by atoms with Gasteiger partial charge in [0.05, 0.1) is 37.1 Å². The number of nitrogens with zero attached hydrogens (tertiary/aromatic N) is 2. The molecule has 2 N–H and O–H groups in total. The SMILES string of the molecule is CCOc1ccc(C=NNC(=O)Cc2csc(Nc3cccc(C(F)(F)F)c3)n2)cc1OCC. The predicted molar refractivity (Wildman–Crippen MR) is 125 cm³/mol. The molecule has 1 heterocycles. The average molecular weight is 493 g/mol. The van der Waals surface area contributed by atoms with Crippen LogP contribution >= 0.6 is 11.3 Å². The molecule has 3 aromatic rings. The van der Waals surface area contributed by atoms with Gasteiger partial charge in [-0.1, -0.05) is 6.07 Å². The highest BCUT2D eigenvalue weighted by molar-refractivity contribution is 7.13. The van der Waals surface area contributed by atoms with Gasteiger partial charge in [-0.05, 0) is 55.8 Å². The Morgan fingerprint density at radius 1 is 1.12 bits per heavy atom. The van der Waals surface area contributed by atoms with E-state index in [1.165, 1.54) is 29.7 Å². The van der Waals surface area contributed by atoms with Gasteiger partial charge in [0.2, 0.25) is 5.91 Å². The van der Waals surface area contributed by atoms with Gasteiger partial charge in [0, 0.05) is 11.1 Å². The third kappa shape index (κ3) is 7.20. The van der Waals surface area contributed by atoms with Crippen LogP contribution in [0.4, 0.5) is 24.0 Å². The highest BCUT2D eigenvalue weighted by Gasteiger charge is 2.30. The Kier molecular flexibility index (Phi) is 8.47. The number of rotatable bonds is 10. The summed E-state index contributed by atoms with van der Waals surface area (Å²) >= 11 is 1.18. The molecule has 0 bridgehead atoms. The maximum Gasteiger partial charge on any atom is 0.416 e. The van der Waals surface area contributed by atoms with Crippen LogP contribution in [0.1, 0.15) is 30.7 Å². The number of hydrazone groups is 1. The van der Waals surface area contributed by atoms with E-state index in [2.05, 4.69) is 20.8 Å². The lowest BCUT2D eigenvalue weighted by atomic mass is 10.2. The zero-order valence-corrected chi connectivity index (χ0v) is 19.3. The van der Waals surface area contributed by atoms with Crippen molar-refractivity contribution >= 4 is 34.3 Å². The van der Waals surface area contributed by atoms with Crippen LogP contribution in [0.5, 0.6) is 11.5 Å². The second-order valence-corrected chi connectivity index (χ2v) is 7.75. The molecule has 1 amide bonds. The summed E-state index contributed by atoms with van der Waals surface area (Å²) < 4.78 is 49.7. The Hall–Kier alpha value is -3.60. The summed E-state index contributed by atoms with van der Waals surface area (Å²) in [5, 5.41) is 8.81. The summed E-state index contributed by atoms with van der Waals surface area (Å²) in [4.78, 5) is 16.4. The molecule has 0 aliphatic carbocycles. The van der Waals surface area contributed by atoms with Gasteiger partial charge in [0.1, 0.15) is 0 Å². The van der Waals surface area contributed by atoms with Gasteiger partial charge < -0.3 is 14.8 Å². The van der Waals surface area contributed by atoms with E-state index in [0.29, 0.717) is 41.1 Å². The number of amides is 1.